The first-order valence-electron chi connectivity index (χ1n) is 4.35. The first-order valence-corrected chi connectivity index (χ1v) is 4.35. The molecule has 0 aromatic carbocycles. The molecule has 0 saturated heterocycles. The molecule has 2 N–H and O–H groups in total. The van der Waals surface area contributed by atoms with E-state index >= 15 is 0 Å². The SMILES string of the molecule is N#CC1(c2ccccn2)CC(N)C1. The van der Waals surface area contributed by atoms with Crippen molar-refractivity contribution >= 4 is 0 Å². The second-order valence-electron chi connectivity index (χ2n) is 3.58. The van der Waals surface area contributed by atoms with Crippen molar-refractivity contribution in [3.8, 4) is 6.07 Å². The zero-order chi connectivity index (χ0) is 9.31. The highest BCUT2D eigenvalue weighted by molar-refractivity contribution is 5.31. The minimum Gasteiger partial charge on any atom is -0.328 e. The highest BCUT2D eigenvalue weighted by Crippen LogP contribution is 2.41. The molecule has 1 aromatic heterocycles. The Morgan fingerprint density at radius 2 is 2.31 bits per heavy atom. The zero-order valence-corrected chi connectivity index (χ0v) is 7.27. The van der Waals surface area contributed by atoms with Crippen LogP contribution in [0.2, 0.25) is 0 Å². The van der Waals surface area contributed by atoms with Crippen molar-refractivity contribution in [3.05, 3.63) is 30.1 Å². The summed E-state index contributed by atoms with van der Waals surface area (Å²) in [5, 5.41) is 9.06. The highest BCUT2D eigenvalue weighted by Gasteiger charge is 2.45. The summed E-state index contributed by atoms with van der Waals surface area (Å²) in [4.78, 5) is 4.20. The van der Waals surface area contributed by atoms with Gasteiger partial charge in [0.05, 0.1) is 11.8 Å². The van der Waals surface area contributed by atoms with Crippen molar-refractivity contribution in [2.75, 3.05) is 0 Å². The minimum atomic E-state index is -0.402. The van der Waals surface area contributed by atoms with Gasteiger partial charge in [0.25, 0.3) is 0 Å². The molecular weight excluding hydrogens is 162 g/mol. The molecule has 0 amide bonds. The fourth-order valence-electron chi connectivity index (χ4n) is 1.84. The first-order chi connectivity index (χ1) is 6.27. The first kappa shape index (κ1) is 8.21. The van der Waals surface area contributed by atoms with E-state index in [1.165, 1.54) is 0 Å². The third-order valence-electron chi connectivity index (χ3n) is 2.59. The number of nitriles is 1. The Labute approximate surface area is 77.2 Å². The Bertz CT molecular complexity index is 333. The number of hydrogen-bond acceptors (Lipinski definition) is 3. The molecule has 1 aromatic rings. The smallest absolute Gasteiger partial charge is 0.102 e. The molecule has 1 aliphatic carbocycles. The molecule has 0 radical (unpaired) electrons. The molecule has 3 heteroatoms. The van der Waals surface area contributed by atoms with Crippen LogP contribution in [0.4, 0.5) is 0 Å². The van der Waals surface area contributed by atoms with E-state index in [1.54, 1.807) is 6.20 Å². The fraction of sp³-hybridized carbons (Fsp3) is 0.400. The average molecular weight is 173 g/mol. The number of rotatable bonds is 1. The molecule has 1 fully saturated rings. The summed E-state index contributed by atoms with van der Waals surface area (Å²) < 4.78 is 0. The lowest BCUT2D eigenvalue weighted by atomic mass is 9.64. The van der Waals surface area contributed by atoms with Gasteiger partial charge in [-0.15, -0.1) is 0 Å². The summed E-state index contributed by atoms with van der Waals surface area (Å²) in [6, 6.07) is 8.15. The Kier molecular flexibility index (Phi) is 1.78. The summed E-state index contributed by atoms with van der Waals surface area (Å²) in [5.41, 5.74) is 6.15. The van der Waals surface area contributed by atoms with Crippen LogP contribution in [0.25, 0.3) is 0 Å². The largest absolute Gasteiger partial charge is 0.328 e. The van der Waals surface area contributed by atoms with Crippen LogP contribution < -0.4 is 5.73 Å². The van der Waals surface area contributed by atoms with Crippen molar-refractivity contribution in [3.63, 3.8) is 0 Å². The average Bonchev–Trinajstić information content (AvgIpc) is 2.14. The predicted molar refractivity (Wildman–Crippen MR) is 48.7 cm³/mol. The van der Waals surface area contributed by atoms with Gasteiger partial charge in [-0.25, -0.2) is 0 Å². The Morgan fingerprint density at radius 1 is 1.54 bits per heavy atom. The van der Waals surface area contributed by atoms with E-state index in [0.717, 1.165) is 18.5 Å². The molecule has 13 heavy (non-hydrogen) atoms. The standard InChI is InChI=1S/C10H11N3/c11-7-10(5-8(12)6-10)9-3-1-2-4-13-9/h1-4,8H,5-6,12H2. The van der Waals surface area contributed by atoms with Crippen LogP contribution in [-0.2, 0) is 5.41 Å². The van der Waals surface area contributed by atoms with E-state index in [-0.39, 0.29) is 6.04 Å². The number of nitrogens with zero attached hydrogens (tertiary/aromatic N) is 2. The van der Waals surface area contributed by atoms with E-state index in [0.29, 0.717) is 0 Å². The second-order valence-corrected chi connectivity index (χ2v) is 3.58. The topological polar surface area (TPSA) is 62.7 Å². The molecule has 1 aliphatic rings. The van der Waals surface area contributed by atoms with Gasteiger partial charge in [-0.05, 0) is 25.0 Å². The van der Waals surface area contributed by atoms with Gasteiger partial charge < -0.3 is 5.73 Å². The zero-order valence-electron chi connectivity index (χ0n) is 7.27. The predicted octanol–water partition coefficient (Wildman–Crippen LogP) is 0.964. The maximum atomic E-state index is 9.06. The number of pyridine rings is 1. The summed E-state index contributed by atoms with van der Waals surface area (Å²) in [6.07, 6.45) is 3.19. The van der Waals surface area contributed by atoms with Crippen LogP contribution in [0.5, 0.6) is 0 Å². The van der Waals surface area contributed by atoms with E-state index in [2.05, 4.69) is 11.1 Å². The lowest BCUT2D eigenvalue weighted by molar-refractivity contribution is 0.265. The van der Waals surface area contributed by atoms with Crippen molar-refractivity contribution in [2.45, 2.75) is 24.3 Å². The second kappa shape index (κ2) is 2.82. The van der Waals surface area contributed by atoms with Gasteiger partial charge in [-0.1, -0.05) is 6.07 Å². The molecule has 0 unspecified atom stereocenters. The van der Waals surface area contributed by atoms with Crippen LogP contribution in [0.15, 0.2) is 24.4 Å². The van der Waals surface area contributed by atoms with Gasteiger partial charge in [0, 0.05) is 12.2 Å². The van der Waals surface area contributed by atoms with Crippen molar-refractivity contribution in [1.29, 1.82) is 5.26 Å². The third kappa shape index (κ3) is 1.20. The molecule has 66 valence electrons. The maximum absolute atomic E-state index is 9.06. The lowest BCUT2D eigenvalue weighted by Crippen LogP contribution is -2.48. The molecule has 3 nitrogen and oxygen atoms in total. The summed E-state index contributed by atoms with van der Waals surface area (Å²) >= 11 is 0. The van der Waals surface area contributed by atoms with E-state index < -0.39 is 5.41 Å². The Hall–Kier alpha value is -1.40. The molecule has 0 atom stereocenters. The van der Waals surface area contributed by atoms with E-state index in [4.69, 9.17) is 11.0 Å². The van der Waals surface area contributed by atoms with Crippen LogP contribution >= 0.6 is 0 Å². The highest BCUT2D eigenvalue weighted by atomic mass is 14.8. The summed E-state index contributed by atoms with van der Waals surface area (Å²) in [7, 11) is 0. The fourth-order valence-corrected chi connectivity index (χ4v) is 1.84. The molecule has 0 aliphatic heterocycles. The van der Waals surface area contributed by atoms with Gasteiger partial charge in [-0.3, -0.25) is 4.98 Å². The number of nitrogens with two attached hydrogens (primary N) is 1. The monoisotopic (exact) mass is 173 g/mol. The summed E-state index contributed by atoms with van der Waals surface area (Å²) in [5.74, 6) is 0. The molecular formula is C10H11N3. The molecule has 2 rings (SSSR count). The maximum Gasteiger partial charge on any atom is 0.102 e. The van der Waals surface area contributed by atoms with Crippen molar-refractivity contribution in [2.24, 2.45) is 5.73 Å². The third-order valence-corrected chi connectivity index (χ3v) is 2.59. The van der Waals surface area contributed by atoms with Crippen molar-refractivity contribution in [1.82, 2.24) is 4.98 Å². The van der Waals surface area contributed by atoms with Crippen LogP contribution in [0.1, 0.15) is 18.5 Å². The Morgan fingerprint density at radius 3 is 2.77 bits per heavy atom. The van der Waals surface area contributed by atoms with Crippen molar-refractivity contribution < 1.29 is 0 Å². The van der Waals surface area contributed by atoms with Gasteiger partial charge in [0.15, 0.2) is 0 Å². The molecule has 1 saturated carbocycles. The Balaban J connectivity index is 2.31. The van der Waals surface area contributed by atoms with Crippen LogP contribution in [-0.4, -0.2) is 11.0 Å². The van der Waals surface area contributed by atoms with Gasteiger partial charge >= 0.3 is 0 Å². The molecule has 0 spiro atoms. The van der Waals surface area contributed by atoms with E-state index in [1.807, 2.05) is 18.2 Å². The minimum absolute atomic E-state index is 0.168. The number of hydrogen-bond donors (Lipinski definition) is 1. The van der Waals surface area contributed by atoms with Gasteiger partial charge in [0.1, 0.15) is 5.41 Å². The van der Waals surface area contributed by atoms with Gasteiger partial charge in [0.2, 0.25) is 0 Å². The van der Waals surface area contributed by atoms with Gasteiger partial charge in [-0.2, -0.15) is 5.26 Å². The summed E-state index contributed by atoms with van der Waals surface area (Å²) in [6.45, 7) is 0. The van der Waals surface area contributed by atoms with Crippen LogP contribution in [0, 0.1) is 11.3 Å². The van der Waals surface area contributed by atoms with E-state index in [9.17, 15) is 0 Å². The number of aromatic nitrogens is 1. The molecule has 1 heterocycles. The molecule has 0 bridgehead atoms. The lowest BCUT2D eigenvalue weighted by Gasteiger charge is -2.39. The normalized spacial score (nSPS) is 31.8. The quantitative estimate of drug-likeness (QED) is 0.688. The van der Waals surface area contributed by atoms with Crippen LogP contribution in [0.3, 0.4) is 0 Å².